The number of nitrogens with one attached hydrogen (secondary N) is 1. The van der Waals surface area contributed by atoms with Crippen molar-refractivity contribution in [2.24, 2.45) is 10.8 Å². The zero-order chi connectivity index (χ0) is 13.9. The van der Waals surface area contributed by atoms with E-state index in [4.69, 9.17) is 5.26 Å². The average molecular weight is 240 g/mol. The van der Waals surface area contributed by atoms with E-state index in [1.807, 2.05) is 27.7 Å². The van der Waals surface area contributed by atoms with Crippen LogP contribution >= 0.6 is 0 Å². The Balaban J connectivity index is 4.50. The van der Waals surface area contributed by atoms with Gasteiger partial charge < -0.3 is 10.4 Å². The minimum absolute atomic E-state index is 0.379. The number of hydrogen-bond acceptors (Lipinski definition) is 3. The highest BCUT2D eigenvalue weighted by atomic mass is 16.4. The van der Waals surface area contributed by atoms with Crippen LogP contribution in [0.3, 0.4) is 0 Å². The highest BCUT2D eigenvalue weighted by Crippen LogP contribution is 2.31. The van der Waals surface area contributed by atoms with Crippen molar-refractivity contribution in [2.75, 3.05) is 6.54 Å². The molecule has 0 atom stereocenters. The first-order valence-corrected chi connectivity index (χ1v) is 5.86. The molecule has 0 bridgehead atoms. The highest BCUT2D eigenvalue weighted by Gasteiger charge is 2.43. The van der Waals surface area contributed by atoms with E-state index >= 15 is 0 Å². The SMILES string of the molecule is CC(C)(C#N)CCNC(C)(C)C(C)(C)C(=O)O. The van der Waals surface area contributed by atoms with Gasteiger partial charge in [-0.15, -0.1) is 0 Å². The summed E-state index contributed by atoms with van der Waals surface area (Å²) in [7, 11) is 0. The van der Waals surface area contributed by atoms with E-state index in [1.165, 1.54) is 0 Å². The fraction of sp³-hybridized carbons (Fsp3) is 0.846. The lowest BCUT2D eigenvalue weighted by Gasteiger charge is -2.39. The van der Waals surface area contributed by atoms with Crippen LogP contribution in [0.15, 0.2) is 0 Å². The number of nitrogens with zero attached hydrogens (tertiary/aromatic N) is 1. The van der Waals surface area contributed by atoms with Crippen LogP contribution in [0, 0.1) is 22.2 Å². The van der Waals surface area contributed by atoms with Crippen LogP contribution < -0.4 is 5.32 Å². The third kappa shape index (κ3) is 4.01. The van der Waals surface area contributed by atoms with E-state index in [2.05, 4.69) is 11.4 Å². The first-order valence-electron chi connectivity index (χ1n) is 5.86. The van der Waals surface area contributed by atoms with E-state index in [0.717, 1.165) is 0 Å². The Morgan fingerprint density at radius 2 is 1.71 bits per heavy atom. The van der Waals surface area contributed by atoms with Crippen LogP contribution in [0.1, 0.15) is 48.0 Å². The largest absolute Gasteiger partial charge is 0.481 e. The summed E-state index contributed by atoms with van der Waals surface area (Å²) in [5.74, 6) is -0.824. The number of rotatable bonds is 6. The fourth-order valence-electron chi connectivity index (χ4n) is 1.23. The molecule has 0 unspecified atom stereocenters. The van der Waals surface area contributed by atoms with Gasteiger partial charge in [0.2, 0.25) is 0 Å². The van der Waals surface area contributed by atoms with Gasteiger partial charge in [-0.25, -0.2) is 0 Å². The molecule has 0 radical (unpaired) electrons. The third-order valence-corrected chi connectivity index (χ3v) is 3.72. The van der Waals surface area contributed by atoms with E-state index < -0.39 is 16.9 Å². The first kappa shape index (κ1) is 15.9. The molecule has 0 aliphatic heterocycles. The van der Waals surface area contributed by atoms with Gasteiger partial charge in [0, 0.05) is 5.54 Å². The molecule has 0 aliphatic carbocycles. The molecule has 0 aromatic carbocycles. The molecule has 98 valence electrons. The Hall–Kier alpha value is -1.08. The normalized spacial score (nSPS) is 13.2. The van der Waals surface area contributed by atoms with Crippen molar-refractivity contribution in [2.45, 2.75) is 53.5 Å². The maximum atomic E-state index is 11.2. The van der Waals surface area contributed by atoms with Gasteiger partial charge in [0.25, 0.3) is 0 Å². The van der Waals surface area contributed by atoms with E-state index in [0.29, 0.717) is 13.0 Å². The molecule has 4 nitrogen and oxygen atoms in total. The molecule has 0 saturated carbocycles. The van der Waals surface area contributed by atoms with Crippen molar-refractivity contribution in [3.63, 3.8) is 0 Å². The maximum Gasteiger partial charge on any atom is 0.310 e. The average Bonchev–Trinajstić information content (AvgIpc) is 2.16. The molecule has 4 heteroatoms. The first-order chi connectivity index (χ1) is 7.46. The van der Waals surface area contributed by atoms with E-state index in [9.17, 15) is 9.90 Å². The molecule has 0 fully saturated rings. The number of nitriles is 1. The van der Waals surface area contributed by atoms with Crippen LogP contribution in [0.4, 0.5) is 0 Å². The van der Waals surface area contributed by atoms with Crippen molar-refractivity contribution in [1.82, 2.24) is 5.32 Å². The Labute approximate surface area is 104 Å². The summed E-state index contributed by atoms with van der Waals surface area (Å²) in [5, 5.41) is 21.3. The van der Waals surface area contributed by atoms with Gasteiger partial charge in [0.15, 0.2) is 0 Å². The maximum absolute atomic E-state index is 11.2. The topological polar surface area (TPSA) is 73.1 Å². The summed E-state index contributed by atoms with van der Waals surface area (Å²) in [6.45, 7) is 11.6. The van der Waals surface area contributed by atoms with Gasteiger partial charge in [0.1, 0.15) is 0 Å². The lowest BCUT2D eigenvalue weighted by atomic mass is 9.74. The summed E-state index contributed by atoms with van der Waals surface area (Å²) in [6.07, 6.45) is 0.697. The van der Waals surface area contributed by atoms with Gasteiger partial charge in [-0.05, 0) is 54.5 Å². The quantitative estimate of drug-likeness (QED) is 0.747. The van der Waals surface area contributed by atoms with Gasteiger partial charge in [-0.3, -0.25) is 4.79 Å². The molecule has 0 rings (SSSR count). The van der Waals surface area contributed by atoms with Crippen molar-refractivity contribution in [3.8, 4) is 6.07 Å². The second kappa shape index (κ2) is 5.05. The lowest BCUT2D eigenvalue weighted by molar-refractivity contribution is -0.151. The molecular formula is C13H24N2O2. The zero-order valence-electron chi connectivity index (χ0n) is 11.7. The number of aliphatic carboxylic acids is 1. The van der Waals surface area contributed by atoms with Gasteiger partial charge in [-0.1, -0.05) is 0 Å². The highest BCUT2D eigenvalue weighted by molar-refractivity contribution is 5.75. The zero-order valence-corrected chi connectivity index (χ0v) is 11.7. The molecule has 17 heavy (non-hydrogen) atoms. The van der Waals surface area contributed by atoms with Gasteiger partial charge in [-0.2, -0.15) is 5.26 Å². The molecule has 0 aliphatic rings. The van der Waals surface area contributed by atoms with E-state index in [1.54, 1.807) is 13.8 Å². The van der Waals surface area contributed by atoms with Crippen LogP contribution in [0.25, 0.3) is 0 Å². The summed E-state index contributed by atoms with van der Waals surface area (Å²) < 4.78 is 0. The molecule has 0 amide bonds. The molecule has 0 aromatic heterocycles. The van der Waals surface area contributed by atoms with Gasteiger partial charge in [0.05, 0.1) is 16.9 Å². The molecule has 0 spiro atoms. The van der Waals surface area contributed by atoms with E-state index in [-0.39, 0.29) is 5.41 Å². The Morgan fingerprint density at radius 1 is 1.24 bits per heavy atom. The fourth-order valence-corrected chi connectivity index (χ4v) is 1.23. The number of hydrogen-bond donors (Lipinski definition) is 2. The lowest BCUT2D eigenvalue weighted by Crippen LogP contribution is -2.55. The molecule has 2 N–H and O–H groups in total. The van der Waals surface area contributed by atoms with Crippen molar-refractivity contribution >= 4 is 5.97 Å². The smallest absolute Gasteiger partial charge is 0.310 e. The van der Waals surface area contributed by atoms with Crippen LogP contribution in [-0.2, 0) is 4.79 Å². The summed E-state index contributed by atoms with van der Waals surface area (Å²) in [6, 6.07) is 2.23. The summed E-state index contributed by atoms with van der Waals surface area (Å²) in [5.41, 5.74) is -1.76. The van der Waals surface area contributed by atoms with Crippen LogP contribution in [-0.4, -0.2) is 23.2 Å². The van der Waals surface area contributed by atoms with Crippen molar-refractivity contribution < 1.29 is 9.90 Å². The van der Waals surface area contributed by atoms with Crippen LogP contribution in [0.5, 0.6) is 0 Å². The second-order valence-corrected chi connectivity index (χ2v) is 6.23. The molecule has 0 aromatic rings. The second-order valence-electron chi connectivity index (χ2n) is 6.23. The Morgan fingerprint density at radius 3 is 2.06 bits per heavy atom. The minimum atomic E-state index is -0.857. The molecule has 0 saturated heterocycles. The Bertz CT molecular complexity index is 325. The minimum Gasteiger partial charge on any atom is -0.481 e. The number of carboxylic acid groups (broad SMARTS) is 1. The number of carbonyl (C=O) groups is 1. The monoisotopic (exact) mass is 240 g/mol. The summed E-state index contributed by atoms with van der Waals surface area (Å²) >= 11 is 0. The predicted molar refractivity (Wildman–Crippen MR) is 67.5 cm³/mol. The molecule has 0 heterocycles. The standard InChI is InChI=1S/C13H24N2O2/c1-11(2,9-14)7-8-15-13(5,6)12(3,4)10(16)17/h15H,7-8H2,1-6H3,(H,16,17). The van der Waals surface area contributed by atoms with Crippen molar-refractivity contribution in [1.29, 1.82) is 5.26 Å². The number of carboxylic acids is 1. The predicted octanol–water partition coefficient (Wildman–Crippen LogP) is 2.41. The van der Waals surface area contributed by atoms with Gasteiger partial charge >= 0.3 is 5.97 Å². The summed E-state index contributed by atoms with van der Waals surface area (Å²) in [4.78, 5) is 11.2. The Kier molecular flexibility index (Phi) is 4.73. The third-order valence-electron chi connectivity index (χ3n) is 3.72. The molecular weight excluding hydrogens is 216 g/mol. The van der Waals surface area contributed by atoms with Crippen LogP contribution in [0.2, 0.25) is 0 Å². The van der Waals surface area contributed by atoms with Crippen molar-refractivity contribution in [3.05, 3.63) is 0 Å².